The van der Waals surface area contributed by atoms with E-state index in [0.717, 1.165) is 210 Å². The molecule has 0 aliphatic rings. The minimum atomic E-state index is 0.543. The van der Waals surface area contributed by atoms with Gasteiger partial charge < -0.3 is 27.4 Å². The number of hydrogen-bond acceptors (Lipinski definition) is 4. The average molecular weight is 1910 g/mol. The molecule has 0 fully saturated rings. The fourth-order valence-electron chi connectivity index (χ4n) is 22.2. The number of nitrogens with zero attached hydrogens (tertiary/aromatic N) is 15. The molecule has 27 aromatic rings. The van der Waals surface area contributed by atoms with E-state index < -0.39 is 0 Å². The van der Waals surface area contributed by atoms with Crippen LogP contribution in [0.3, 0.4) is 0 Å². The zero-order valence-electron chi connectivity index (χ0n) is 80.0. The first-order valence-electron chi connectivity index (χ1n) is 48.7. The fourth-order valence-corrected chi connectivity index (χ4v) is 22.2. The third-order valence-corrected chi connectivity index (χ3v) is 28.8. The van der Waals surface area contributed by atoms with Gasteiger partial charge in [-0.25, -0.2) is 24.2 Å². The maximum Gasteiger partial charge on any atom is 0.211 e. The molecule has 0 aliphatic carbocycles. The number of aromatic nitrogens is 6. The zero-order chi connectivity index (χ0) is 101. The Labute approximate surface area is 861 Å². The molecule has 15 heteroatoms. The maximum absolute atomic E-state index is 10.0. The van der Waals surface area contributed by atoms with E-state index >= 15 is 0 Å². The summed E-state index contributed by atoms with van der Waals surface area (Å²) >= 11 is 0. The highest BCUT2D eigenvalue weighted by Gasteiger charge is 2.27. The smallest absolute Gasteiger partial charge is 0.211 e. The summed E-state index contributed by atoms with van der Waals surface area (Å²) in [6.07, 6.45) is 0. The molecule has 150 heavy (non-hydrogen) atoms. The fraction of sp³-hybridized carbons (Fsp3) is 0. The van der Waals surface area contributed by atoms with E-state index in [4.69, 9.17) is 32.9 Å². The van der Waals surface area contributed by atoms with Gasteiger partial charge in [-0.05, 0) is 219 Å². The molecule has 0 saturated carbocycles. The van der Waals surface area contributed by atoms with E-state index in [2.05, 4.69) is 349 Å². The number of rotatable bonds is 12. The van der Waals surface area contributed by atoms with Gasteiger partial charge in [0.2, 0.25) is 5.69 Å². The lowest BCUT2D eigenvalue weighted by Gasteiger charge is -2.18. The summed E-state index contributed by atoms with van der Waals surface area (Å²) < 4.78 is 13.3. The highest BCUT2D eigenvalue weighted by Crippen LogP contribution is 2.50. The predicted molar refractivity (Wildman–Crippen MR) is 608 cm³/mol. The van der Waals surface area contributed by atoms with Crippen molar-refractivity contribution in [2.75, 3.05) is 0 Å². The topological polar surface area (TPSA) is 147 Å². The first-order valence-corrected chi connectivity index (χ1v) is 48.7. The highest BCUT2D eigenvalue weighted by atomic mass is 15.0. The van der Waals surface area contributed by atoms with Crippen LogP contribution < -0.4 is 0 Å². The number of nitriles is 4. The molecule has 15 nitrogen and oxygen atoms in total. The predicted octanol–water partition coefficient (Wildman–Crippen LogP) is 35.9. The molecule has 0 unspecified atom stereocenters. The average Bonchev–Trinajstić information content (AvgIpc) is 1.58. The molecular formula is C135H75N15. The van der Waals surface area contributed by atoms with Gasteiger partial charge in [-0.1, -0.05) is 291 Å². The quantitative estimate of drug-likeness (QED) is 0.112. The van der Waals surface area contributed by atoms with Gasteiger partial charge in [0.25, 0.3) is 0 Å². The first kappa shape index (κ1) is 89.2. The first-order chi connectivity index (χ1) is 74.0. The Morgan fingerprint density at radius 1 is 0.180 bits per heavy atom. The second kappa shape index (κ2) is 37.0. The summed E-state index contributed by atoms with van der Waals surface area (Å²) in [6.45, 7) is 39.1. The molecule has 21 aromatic carbocycles. The molecular weight excluding hydrogens is 1830 g/mol. The monoisotopic (exact) mass is 1910 g/mol. The summed E-state index contributed by atoms with van der Waals surface area (Å²) in [5, 5.41) is 51.4. The van der Waals surface area contributed by atoms with E-state index in [9.17, 15) is 21.0 Å². The molecule has 0 amide bonds. The van der Waals surface area contributed by atoms with Crippen molar-refractivity contribution in [2.45, 2.75) is 0 Å². The maximum atomic E-state index is 10.0. The van der Waals surface area contributed by atoms with E-state index in [0.29, 0.717) is 50.7 Å². The molecule has 0 bridgehead atoms. The van der Waals surface area contributed by atoms with Crippen molar-refractivity contribution < 1.29 is 0 Å². The summed E-state index contributed by atoms with van der Waals surface area (Å²) in [5.41, 5.74) is 35.6. The van der Waals surface area contributed by atoms with Gasteiger partial charge in [0.15, 0.2) is 22.7 Å². The lowest BCUT2D eigenvalue weighted by molar-refractivity contribution is 1.18. The van der Waals surface area contributed by atoms with Gasteiger partial charge in [-0.15, -0.1) is 0 Å². The van der Waals surface area contributed by atoms with Crippen LogP contribution in [0.15, 0.2) is 455 Å². The zero-order valence-corrected chi connectivity index (χ0v) is 80.0. The Morgan fingerprint density at radius 2 is 0.467 bits per heavy atom. The number of benzene rings is 21. The van der Waals surface area contributed by atoms with E-state index in [1.54, 1.807) is 0 Å². The number of fused-ring (bicyclic) bond motifs is 18. The van der Waals surface area contributed by atoms with E-state index in [-0.39, 0.29) is 0 Å². The van der Waals surface area contributed by atoms with Crippen molar-refractivity contribution in [3.05, 3.63) is 534 Å². The van der Waals surface area contributed by atoms with Crippen LogP contribution in [0.4, 0.5) is 28.4 Å². The molecule has 6 aromatic heterocycles. The van der Waals surface area contributed by atoms with E-state index in [1.807, 2.05) is 182 Å². The van der Waals surface area contributed by atoms with Crippen molar-refractivity contribution in [2.24, 2.45) is 0 Å². The Kier molecular flexibility index (Phi) is 22.0. The second-order valence-corrected chi connectivity index (χ2v) is 36.8. The van der Waals surface area contributed by atoms with Crippen LogP contribution in [0.5, 0.6) is 0 Å². The van der Waals surface area contributed by atoms with Gasteiger partial charge in [0.05, 0.1) is 140 Å². The standard InChI is InChI=1S/3C45H25N5/c1-47-31-21-24-37(44(27-31)50-41-16-7-5-12-35(41)36-13-6-8-17-42(36)50)34-11-4-3-10-33(34)30-19-22-32(23-20-30)49-43-25-18-29(28-46)26-39(43)38-14-9-15-40(48-2)45(38)49;1-47-31-19-23-39-40-25-29(28-46)15-24-43(40)49(44(39)26-31)33-20-16-30(17-21-33)34-9-3-4-10-35(34)38-22-18-32(48-2)27-45(38)50-41-13-7-5-11-36(41)37-12-6-8-14-42(37)50;1-48-32-20-23-37(44(26-32)50-41-15-7-5-13-38(41)45-31(28-47)9-8-16-43(45)50)35-11-3-2-10-34(35)30-18-21-33(22-19-30)49-40-14-6-4-12-36(40)39-25-29(27-46)17-24-42(39)49/h2*3-27H;2-26H. The molecule has 0 saturated heterocycles. The van der Waals surface area contributed by atoms with Crippen LogP contribution in [0.1, 0.15) is 22.3 Å². The highest BCUT2D eigenvalue weighted by molar-refractivity contribution is 6.18. The van der Waals surface area contributed by atoms with Gasteiger partial charge >= 0.3 is 0 Å². The molecule has 0 spiro atoms. The largest absolute Gasteiger partial charge is 0.319 e. The van der Waals surface area contributed by atoms with Crippen molar-refractivity contribution in [1.29, 1.82) is 21.0 Å². The minimum Gasteiger partial charge on any atom is -0.319 e. The molecule has 690 valence electrons. The van der Waals surface area contributed by atoms with Crippen LogP contribution >= 0.6 is 0 Å². The van der Waals surface area contributed by atoms with Gasteiger partial charge in [-0.3, -0.25) is 0 Å². The van der Waals surface area contributed by atoms with Crippen LogP contribution in [0.2, 0.25) is 0 Å². The van der Waals surface area contributed by atoms with Gasteiger partial charge in [0, 0.05) is 116 Å². The van der Waals surface area contributed by atoms with Crippen LogP contribution in [0, 0.1) is 78.2 Å². The lowest BCUT2D eigenvalue weighted by atomic mass is 9.93. The van der Waals surface area contributed by atoms with Crippen LogP contribution in [0.25, 0.3) is 256 Å². The third kappa shape index (κ3) is 14.8. The molecule has 0 N–H and O–H groups in total. The van der Waals surface area contributed by atoms with Gasteiger partial charge in [0.1, 0.15) is 0 Å². The van der Waals surface area contributed by atoms with Crippen molar-refractivity contribution in [3.63, 3.8) is 0 Å². The normalized spacial score (nSPS) is 11.1. The molecule has 0 radical (unpaired) electrons. The van der Waals surface area contributed by atoms with Crippen LogP contribution in [-0.2, 0) is 0 Å². The molecule has 6 heterocycles. The Hall–Kier alpha value is -22.2. The van der Waals surface area contributed by atoms with Gasteiger partial charge in [-0.2, -0.15) is 21.0 Å². The lowest BCUT2D eigenvalue weighted by Crippen LogP contribution is -1.98. The van der Waals surface area contributed by atoms with E-state index in [1.165, 1.54) is 21.5 Å². The molecule has 27 rings (SSSR count). The number of para-hydroxylation sites is 7. The third-order valence-electron chi connectivity index (χ3n) is 28.8. The SMILES string of the molecule is [C-]#[N+]c1ccc(-c2ccccc2-c2ccc(-n3c4ccc(C#N)cc4c4ccc([N+]#[C-])cc43)cc2)c(-n2c3ccccc3c3ccccc32)c1.[C-]#[N+]c1ccc(-c2ccccc2-c2ccc(-n3c4ccc(C#N)cc4c4cccc([N+]#[C-])c43)cc2)c(-n2c3ccccc3c3ccccc32)c1.[C-]#[N+]c1ccc(-c2ccccc2-c2ccc(-n3c4ccccc4c4cc(C#N)ccc43)cc2)c(-n2c3ccccc3c3c(C#N)cccc32)c1. The van der Waals surface area contributed by atoms with Crippen molar-refractivity contribution in [3.8, 4) is 125 Å². The summed E-state index contributed by atoms with van der Waals surface area (Å²) in [4.78, 5) is 19.0. The Bertz CT molecular complexity index is 10700. The molecule has 0 aliphatic heterocycles. The second-order valence-electron chi connectivity index (χ2n) is 36.8. The molecule has 0 atom stereocenters. The van der Waals surface area contributed by atoms with Crippen molar-refractivity contribution >= 4 is 159 Å². The Morgan fingerprint density at radius 3 is 0.853 bits per heavy atom. The number of hydrogen-bond donors (Lipinski definition) is 0. The minimum absolute atomic E-state index is 0.543. The van der Waals surface area contributed by atoms with Crippen LogP contribution in [-0.4, -0.2) is 27.4 Å². The summed E-state index contributed by atoms with van der Waals surface area (Å²) in [7, 11) is 0. The summed E-state index contributed by atoms with van der Waals surface area (Å²) in [5.74, 6) is 0. The van der Waals surface area contributed by atoms with Crippen molar-refractivity contribution in [1.82, 2.24) is 27.4 Å². The Balaban J connectivity index is 0.000000116. The summed E-state index contributed by atoms with van der Waals surface area (Å²) in [6, 6.07) is 163.